The summed E-state index contributed by atoms with van der Waals surface area (Å²) >= 11 is 0. The molecular formula is C23H24N2O3. The third kappa shape index (κ3) is 4.49. The first kappa shape index (κ1) is 19.4. The van der Waals surface area contributed by atoms with Crippen molar-refractivity contribution in [2.45, 2.75) is 13.8 Å². The smallest absolute Gasteiger partial charge is 0.260 e. The average Bonchev–Trinajstić information content (AvgIpc) is 2.74. The van der Waals surface area contributed by atoms with Gasteiger partial charge in [-0.15, -0.1) is 0 Å². The van der Waals surface area contributed by atoms with Crippen molar-refractivity contribution in [2.75, 3.05) is 25.0 Å². The van der Waals surface area contributed by atoms with Gasteiger partial charge in [0.25, 0.3) is 11.8 Å². The van der Waals surface area contributed by atoms with E-state index >= 15 is 0 Å². The SMILES string of the molecule is CCN(CC)C(=O)COc1ccc(C(=O)Nc2cccc3ccccc23)cc1. The van der Waals surface area contributed by atoms with Crippen LogP contribution in [0.5, 0.6) is 5.75 Å². The van der Waals surface area contributed by atoms with E-state index in [0.717, 1.165) is 16.5 Å². The third-order valence-electron chi connectivity index (χ3n) is 4.63. The molecule has 0 aromatic heterocycles. The Morgan fingerprint density at radius 2 is 1.57 bits per heavy atom. The molecule has 144 valence electrons. The summed E-state index contributed by atoms with van der Waals surface area (Å²) in [6.45, 7) is 5.18. The molecule has 0 spiro atoms. The number of carbonyl (C=O) groups excluding carboxylic acids is 2. The summed E-state index contributed by atoms with van der Waals surface area (Å²) in [6.07, 6.45) is 0. The van der Waals surface area contributed by atoms with Crippen LogP contribution in [-0.4, -0.2) is 36.4 Å². The van der Waals surface area contributed by atoms with Crippen LogP contribution in [0.1, 0.15) is 24.2 Å². The molecule has 3 aromatic carbocycles. The third-order valence-corrected chi connectivity index (χ3v) is 4.63. The number of likely N-dealkylation sites (N-methyl/N-ethyl adjacent to an activating group) is 1. The van der Waals surface area contributed by atoms with Crippen LogP contribution in [0.25, 0.3) is 10.8 Å². The molecule has 0 aliphatic carbocycles. The van der Waals surface area contributed by atoms with Crippen molar-refractivity contribution in [2.24, 2.45) is 0 Å². The van der Waals surface area contributed by atoms with Crippen LogP contribution in [0.4, 0.5) is 5.69 Å². The molecule has 28 heavy (non-hydrogen) atoms. The first-order valence-electron chi connectivity index (χ1n) is 9.42. The predicted molar refractivity (Wildman–Crippen MR) is 112 cm³/mol. The van der Waals surface area contributed by atoms with E-state index in [2.05, 4.69) is 5.32 Å². The molecule has 0 saturated carbocycles. The second kappa shape index (κ2) is 9.04. The monoisotopic (exact) mass is 376 g/mol. The van der Waals surface area contributed by atoms with Crippen molar-refractivity contribution in [1.29, 1.82) is 0 Å². The van der Waals surface area contributed by atoms with Gasteiger partial charge in [0.2, 0.25) is 0 Å². The lowest BCUT2D eigenvalue weighted by atomic mass is 10.1. The summed E-state index contributed by atoms with van der Waals surface area (Å²) in [5.74, 6) is 0.312. The number of carbonyl (C=O) groups is 2. The molecule has 0 saturated heterocycles. The lowest BCUT2D eigenvalue weighted by molar-refractivity contribution is -0.132. The van der Waals surface area contributed by atoms with Crippen molar-refractivity contribution in [3.8, 4) is 5.75 Å². The number of nitrogens with zero attached hydrogens (tertiary/aromatic N) is 1. The zero-order valence-electron chi connectivity index (χ0n) is 16.1. The molecule has 3 rings (SSSR count). The first-order chi connectivity index (χ1) is 13.6. The second-order valence-electron chi connectivity index (χ2n) is 6.36. The largest absolute Gasteiger partial charge is 0.484 e. The number of ether oxygens (including phenoxy) is 1. The average molecular weight is 376 g/mol. The Bertz CT molecular complexity index is 958. The van der Waals surface area contributed by atoms with Crippen LogP contribution >= 0.6 is 0 Å². The van der Waals surface area contributed by atoms with Crippen LogP contribution in [0.3, 0.4) is 0 Å². The van der Waals surface area contributed by atoms with Crippen LogP contribution in [-0.2, 0) is 4.79 Å². The van der Waals surface area contributed by atoms with Gasteiger partial charge in [-0.1, -0.05) is 36.4 Å². The van der Waals surface area contributed by atoms with E-state index < -0.39 is 0 Å². The number of rotatable bonds is 7. The fraction of sp³-hybridized carbons (Fsp3) is 0.217. The van der Waals surface area contributed by atoms with Gasteiger partial charge in [-0.3, -0.25) is 9.59 Å². The van der Waals surface area contributed by atoms with Crippen LogP contribution in [0.2, 0.25) is 0 Å². The van der Waals surface area contributed by atoms with Gasteiger partial charge in [-0.25, -0.2) is 0 Å². The Kier molecular flexibility index (Phi) is 6.27. The van der Waals surface area contributed by atoms with E-state index in [9.17, 15) is 9.59 Å². The molecule has 0 atom stereocenters. The summed E-state index contributed by atoms with van der Waals surface area (Å²) in [5, 5.41) is 5.03. The van der Waals surface area contributed by atoms with Crippen molar-refractivity contribution in [3.63, 3.8) is 0 Å². The lowest BCUT2D eigenvalue weighted by Crippen LogP contribution is -2.34. The van der Waals surface area contributed by atoms with E-state index in [-0.39, 0.29) is 18.4 Å². The molecule has 0 radical (unpaired) electrons. The molecule has 0 unspecified atom stereocenters. The van der Waals surface area contributed by atoms with Gasteiger partial charge >= 0.3 is 0 Å². The van der Waals surface area contributed by atoms with Gasteiger partial charge in [0.1, 0.15) is 5.75 Å². The number of hydrogen-bond donors (Lipinski definition) is 1. The molecule has 1 N–H and O–H groups in total. The van der Waals surface area contributed by atoms with Crippen LogP contribution < -0.4 is 10.1 Å². The molecule has 0 bridgehead atoms. The van der Waals surface area contributed by atoms with E-state index in [1.165, 1.54) is 0 Å². The molecule has 0 aliphatic heterocycles. The highest BCUT2D eigenvalue weighted by Crippen LogP contribution is 2.23. The number of amides is 2. The zero-order chi connectivity index (χ0) is 19.9. The summed E-state index contributed by atoms with van der Waals surface area (Å²) in [6, 6.07) is 20.5. The molecular weight excluding hydrogens is 352 g/mol. The van der Waals surface area contributed by atoms with Crippen molar-refractivity contribution in [1.82, 2.24) is 4.90 Å². The normalized spacial score (nSPS) is 10.5. The Morgan fingerprint density at radius 1 is 0.893 bits per heavy atom. The Morgan fingerprint density at radius 3 is 2.29 bits per heavy atom. The molecule has 5 heteroatoms. The van der Waals surface area contributed by atoms with E-state index in [1.54, 1.807) is 29.2 Å². The molecule has 5 nitrogen and oxygen atoms in total. The molecule has 0 heterocycles. The summed E-state index contributed by atoms with van der Waals surface area (Å²) in [5.41, 5.74) is 1.29. The molecule has 0 fully saturated rings. The maximum Gasteiger partial charge on any atom is 0.260 e. The highest BCUT2D eigenvalue weighted by Gasteiger charge is 2.11. The molecule has 2 amide bonds. The van der Waals surface area contributed by atoms with Gasteiger partial charge < -0.3 is 15.0 Å². The Hall–Kier alpha value is -3.34. The highest BCUT2D eigenvalue weighted by atomic mass is 16.5. The van der Waals surface area contributed by atoms with Crippen LogP contribution in [0.15, 0.2) is 66.7 Å². The Labute approximate surface area is 164 Å². The number of nitrogens with one attached hydrogen (secondary N) is 1. The van der Waals surface area contributed by atoms with Crippen LogP contribution in [0, 0.1) is 0 Å². The van der Waals surface area contributed by atoms with E-state index in [4.69, 9.17) is 4.74 Å². The number of benzene rings is 3. The van der Waals surface area contributed by atoms with Crippen molar-refractivity contribution >= 4 is 28.3 Å². The topological polar surface area (TPSA) is 58.6 Å². The predicted octanol–water partition coefficient (Wildman–Crippen LogP) is 4.34. The minimum Gasteiger partial charge on any atom is -0.484 e. The molecule has 3 aromatic rings. The summed E-state index contributed by atoms with van der Waals surface area (Å²) in [7, 11) is 0. The van der Waals surface area contributed by atoms with Gasteiger partial charge in [0, 0.05) is 29.7 Å². The maximum atomic E-state index is 12.6. The highest BCUT2D eigenvalue weighted by molar-refractivity contribution is 6.09. The summed E-state index contributed by atoms with van der Waals surface area (Å²) < 4.78 is 5.54. The Balaban J connectivity index is 1.64. The minimum absolute atomic E-state index is 0.0107. The van der Waals surface area contributed by atoms with E-state index in [1.807, 2.05) is 56.3 Å². The first-order valence-corrected chi connectivity index (χ1v) is 9.42. The van der Waals surface area contributed by atoms with E-state index in [0.29, 0.717) is 24.4 Å². The standard InChI is InChI=1S/C23H24N2O3/c1-3-25(4-2)22(26)16-28-19-14-12-18(13-15-19)23(27)24-21-11-7-9-17-8-5-6-10-20(17)21/h5-15H,3-4,16H2,1-2H3,(H,24,27). The number of fused-ring (bicyclic) bond motifs is 1. The lowest BCUT2D eigenvalue weighted by Gasteiger charge is -2.18. The quantitative estimate of drug-likeness (QED) is 0.667. The van der Waals surface area contributed by atoms with Gasteiger partial charge in [-0.2, -0.15) is 0 Å². The minimum atomic E-state index is -0.192. The van der Waals surface area contributed by atoms with Crippen molar-refractivity contribution < 1.29 is 14.3 Å². The van der Waals surface area contributed by atoms with Crippen molar-refractivity contribution in [3.05, 3.63) is 72.3 Å². The number of anilines is 1. The van der Waals surface area contributed by atoms with Gasteiger partial charge in [0.15, 0.2) is 6.61 Å². The fourth-order valence-corrected chi connectivity index (χ4v) is 3.04. The number of hydrogen-bond acceptors (Lipinski definition) is 3. The fourth-order valence-electron chi connectivity index (χ4n) is 3.04. The molecule has 0 aliphatic rings. The van der Waals surface area contributed by atoms with Gasteiger partial charge in [-0.05, 0) is 49.6 Å². The second-order valence-corrected chi connectivity index (χ2v) is 6.36. The maximum absolute atomic E-state index is 12.6. The summed E-state index contributed by atoms with van der Waals surface area (Å²) in [4.78, 5) is 26.3. The van der Waals surface area contributed by atoms with Gasteiger partial charge in [0.05, 0.1) is 0 Å². The zero-order valence-corrected chi connectivity index (χ0v) is 16.1.